The molecule has 1 unspecified atom stereocenters. The summed E-state index contributed by atoms with van der Waals surface area (Å²) in [5, 5.41) is 6.98. The van der Waals surface area contributed by atoms with Crippen molar-refractivity contribution in [1.29, 1.82) is 5.53 Å². The highest BCUT2D eigenvalue weighted by Gasteiger charge is 2.38. The van der Waals surface area contributed by atoms with Crippen LogP contribution in [-0.2, 0) is 41.1 Å². The normalized spacial score (nSPS) is 15.8. The Balaban J connectivity index is 2.12. The molecule has 1 amide bonds. The molecular formula is C28H31F9N6O3. The number of hydrazone groups is 1. The number of nitrogens with zero attached hydrogens (tertiary/aromatic N) is 4. The summed E-state index contributed by atoms with van der Waals surface area (Å²) in [6.07, 6.45) is -15.7. The Bertz CT molecular complexity index is 1370. The van der Waals surface area contributed by atoms with E-state index in [1.54, 1.807) is 0 Å². The number of halogens is 9. The summed E-state index contributed by atoms with van der Waals surface area (Å²) in [6.45, 7) is -0.776. The van der Waals surface area contributed by atoms with Crippen molar-refractivity contribution in [2.45, 2.75) is 50.6 Å². The average Bonchev–Trinajstić information content (AvgIpc) is 2.99. The van der Waals surface area contributed by atoms with Gasteiger partial charge in [0, 0.05) is 40.3 Å². The Kier molecular flexibility index (Phi) is 11.5. The van der Waals surface area contributed by atoms with Gasteiger partial charge in [-0.3, -0.25) is 0 Å². The van der Waals surface area contributed by atoms with E-state index >= 15 is 0 Å². The molecule has 0 saturated carbocycles. The number of likely N-dealkylation sites (tertiary alicyclic amines) is 1. The van der Waals surface area contributed by atoms with E-state index in [0.717, 1.165) is 17.0 Å². The van der Waals surface area contributed by atoms with Crippen molar-refractivity contribution >= 4 is 12.1 Å². The van der Waals surface area contributed by atoms with E-state index in [1.807, 2.05) is 0 Å². The molecule has 1 aliphatic heterocycles. The van der Waals surface area contributed by atoms with Crippen molar-refractivity contribution in [3.8, 4) is 0 Å². The number of guanidine groups is 1. The molecule has 1 fully saturated rings. The van der Waals surface area contributed by atoms with Crippen LogP contribution in [0.15, 0.2) is 46.6 Å². The van der Waals surface area contributed by atoms with Crippen LogP contribution < -0.4 is 5.43 Å². The zero-order valence-corrected chi connectivity index (χ0v) is 24.8. The maximum absolute atomic E-state index is 13.8. The molecular weight excluding hydrogens is 639 g/mol. The van der Waals surface area contributed by atoms with Crippen LogP contribution in [0.25, 0.3) is 0 Å². The van der Waals surface area contributed by atoms with E-state index in [4.69, 9.17) is 15.0 Å². The monoisotopic (exact) mass is 670 g/mol. The summed E-state index contributed by atoms with van der Waals surface area (Å²) in [5.74, 6) is -0.823. The van der Waals surface area contributed by atoms with Crippen molar-refractivity contribution in [1.82, 2.24) is 15.2 Å². The van der Waals surface area contributed by atoms with E-state index in [9.17, 15) is 44.3 Å². The predicted molar refractivity (Wildman–Crippen MR) is 145 cm³/mol. The van der Waals surface area contributed by atoms with Gasteiger partial charge in [-0.2, -0.15) is 39.5 Å². The van der Waals surface area contributed by atoms with Crippen molar-refractivity contribution in [2.24, 2.45) is 16.1 Å². The lowest BCUT2D eigenvalue weighted by Crippen LogP contribution is -2.40. The van der Waals surface area contributed by atoms with Gasteiger partial charge >= 0.3 is 24.6 Å². The summed E-state index contributed by atoms with van der Waals surface area (Å²) in [5.41, 5.74) is 5.32. The third-order valence-electron chi connectivity index (χ3n) is 7.41. The number of benzene rings is 2. The van der Waals surface area contributed by atoms with Gasteiger partial charge in [-0.15, -0.1) is 10.2 Å². The smallest absolute Gasteiger partial charge is 0.416 e. The highest BCUT2D eigenvalue weighted by molar-refractivity contribution is 5.80. The maximum Gasteiger partial charge on any atom is 0.416 e. The first-order valence-corrected chi connectivity index (χ1v) is 13.6. The molecule has 1 atom stereocenters. The Morgan fingerprint density at radius 3 is 1.96 bits per heavy atom. The highest BCUT2D eigenvalue weighted by atomic mass is 19.4. The van der Waals surface area contributed by atoms with Gasteiger partial charge in [0.25, 0.3) is 5.96 Å². The fraction of sp³-hybridized carbons (Fsp3) is 0.500. The molecule has 2 N–H and O–H groups in total. The minimum Gasteiger partial charge on any atom is -0.453 e. The third-order valence-corrected chi connectivity index (χ3v) is 7.41. The average molecular weight is 671 g/mol. The van der Waals surface area contributed by atoms with Gasteiger partial charge in [-0.1, -0.05) is 6.07 Å². The molecule has 0 bridgehead atoms. The largest absolute Gasteiger partial charge is 0.453 e. The van der Waals surface area contributed by atoms with Crippen LogP contribution in [0.5, 0.6) is 0 Å². The number of ether oxygens (including phenoxy) is 2. The number of nitrogens with one attached hydrogen (secondary N) is 2. The summed E-state index contributed by atoms with van der Waals surface area (Å²) in [7, 11) is 3.85. The minimum absolute atomic E-state index is 0.0486. The Hall–Kier alpha value is -4.09. The van der Waals surface area contributed by atoms with Gasteiger partial charge in [0.1, 0.15) is 0 Å². The Labute approximate surface area is 257 Å². The molecule has 1 heterocycles. The Morgan fingerprint density at radius 1 is 0.935 bits per heavy atom. The number of methoxy groups -OCH3 is 2. The Morgan fingerprint density at radius 2 is 1.50 bits per heavy atom. The zero-order chi connectivity index (χ0) is 34.4. The third kappa shape index (κ3) is 9.01. The van der Waals surface area contributed by atoms with Crippen LogP contribution in [0.1, 0.15) is 52.3 Å². The van der Waals surface area contributed by atoms with Crippen LogP contribution in [-0.4, -0.2) is 56.2 Å². The lowest BCUT2D eigenvalue weighted by Gasteiger charge is -2.36. The first kappa shape index (κ1) is 36.4. The molecule has 0 radical (unpaired) electrons. The first-order chi connectivity index (χ1) is 21.4. The molecule has 0 aliphatic carbocycles. The van der Waals surface area contributed by atoms with Gasteiger partial charge in [0.2, 0.25) is 0 Å². The summed E-state index contributed by atoms with van der Waals surface area (Å²) >= 11 is 0. The second kappa shape index (κ2) is 14.6. The first-order valence-electron chi connectivity index (χ1n) is 13.6. The topological polar surface area (TPSA) is 103 Å². The zero-order valence-electron chi connectivity index (χ0n) is 24.8. The molecule has 2 aromatic carbocycles. The van der Waals surface area contributed by atoms with Crippen LogP contribution in [0.2, 0.25) is 0 Å². The van der Waals surface area contributed by atoms with E-state index in [2.05, 4.69) is 15.6 Å². The summed E-state index contributed by atoms with van der Waals surface area (Å²) in [4.78, 5) is 14.4. The number of amides is 1. The van der Waals surface area contributed by atoms with Crippen LogP contribution >= 0.6 is 0 Å². The predicted octanol–water partition coefficient (Wildman–Crippen LogP) is 7.43. The van der Waals surface area contributed by atoms with E-state index in [-0.39, 0.29) is 36.2 Å². The van der Waals surface area contributed by atoms with E-state index in [1.165, 1.54) is 32.2 Å². The van der Waals surface area contributed by atoms with Gasteiger partial charge in [0.15, 0.2) is 0 Å². The van der Waals surface area contributed by atoms with Gasteiger partial charge in [-0.25, -0.2) is 10.3 Å². The van der Waals surface area contributed by atoms with Gasteiger partial charge in [-0.05, 0) is 65.8 Å². The van der Waals surface area contributed by atoms with Crippen molar-refractivity contribution in [3.05, 3.63) is 69.8 Å². The van der Waals surface area contributed by atoms with E-state index < -0.39 is 72.0 Å². The number of carbonyl (C=O) groups excluding carboxylic acids is 1. The van der Waals surface area contributed by atoms with Crippen molar-refractivity contribution in [2.75, 3.05) is 34.4 Å². The molecule has 1 saturated heterocycles. The number of rotatable bonds is 8. The number of hydrogen-bond donors (Lipinski definition) is 2. The van der Waals surface area contributed by atoms with Crippen LogP contribution in [0.3, 0.4) is 0 Å². The highest BCUT2D eigenvalue weighted by Crippen LogP contribution is 2.40. The second-order valence-electron chi connectivity index (χ2n) is 10.4. The molecule has 0 aromatic heterocycles. The quantitative estimate of drug-likeness (QED) is 0.100. The van der Waals surface area contributed by atoms with Crippen molar-refractivity contribution < 1.29 is 53.8 Å². The fourth-order valence-electron chi connectivity index (χ4n) is 5.28. The van der Waals surface area contributed by atoms with Crippen LogP contribution in [0, 0.1) is 11.4 Å². The number of carbonyl (C=O) groups is 1. The van der Waals surface area contributed by atoms with Crippen LogP contribution in [0.4, 0.5) is 44.3 Å². The lowest BCUT2D eigenvalue weighted by atomic mass is 9.85. The van der Waals surface area contributed by atoms with E-state index in [0.29, 0.717) is 25.0 Å². The molecule has 9 nitrogen and oxygen atoms in total. The van der Waals surface area contributed by atoms with Gasteiger partial charge < -0.3 is 24.7 Å². The fourth-order valence-corrected chi connectivity index (χ4v) is 5.28. The molecule has 254 valence electrons. The van der Waals surface area contributed by atoms with Gasteiger partial charge in [0.05, 0.1) is 29.9 Å². The summed E-state index contributed by atoms with van der Waals surface area (Å²) < 4.78 is 133. The lowest BCUT2D eigenvalue weighted by molar-refractivity contribution is -0.143. The minimum atomic E-state index is -5.15. The number of alkyl halides is 9. The number of piperidine rings is 1. The molecule has 46 heavy (non-hydrogen) atoms. The summed E-state index contributed by atoms with van der Waals surface area (Å²) in [6, 6.07) is 3.72. The standard InChI is InChI=1S/C28H31F9N6O3/c1-39-41-24(40-38)43(14-16-10-20(27(32,33)34)13-21(11-16)28(35,36)37)15-18-12-19(26(29,30)31)4-5-22(18)23(45-2)17-6-8-42(9-7-17)25(44)46-3/h4-5,10-13,17,23,38-39H,6-9,14-15H2,1-3H3/b40-38?,41-24+. The second-order valence-corrected chi connectivity index (χ2v) is 10.4. The SMILES string of the molecule is CN/N=C(\N=N)N(Cc1cc(C(F)(F)F)cc(C(F)(F)F)c1)Cc1cc(C(F)(F)F)ccc1C(OC)C1CCN(C(=O)OC)CC1. The maximum atomic E-state index is 13.8. The molecule has 18 heteroatoms. The van der Waals surface area contributed by atoms with Crippen molar-refractivity contribution in [3.63, 3.8) is 0 Å². The molecule has 0 spiro atoms. The molecule has 2 aromatic rings. The molecule has 3 rings (SSSR count). The number of hydrogen-bond acceptors (Lipinski definition) is 6. The molecule has 1 aliphatic rings.